The molecular weight excluding hydrogens is 184 g/mol. The van der Waals surface area contributed by atoms with Crippen molar-refractivity contribution in [3.8, 4) is 0 Å². The molecule has 3 atom stereocenters. The zero-order chi connectivity index (χ0) is 10.3. The minimum absolute atomic E-state index is 0.792. The molecule has 1 saturated heterocycles. The van der Waals surface area contributed by atoms with E-state index in [0.717, 1.165) is 23.9 Å². The summed E-state index contributed by atoms with van der Waals surface area (Å²) in [4.78, 5) is 2.80. The quantitative estimate of drug-likeness (QED) is 0.745. The normalized spacial score (nSPS) is 42.6. The van der Waals surface area contributed by atoms with E-state index in [9.17, 15) is 0 Å². The Kier molecular flexibility index (Phi) is 2.73. The first-order valence-electron chi connectivity index (χ1n) is 6.78. The van der Waals surface area contributed by atoms with E-state index >= 15 is 0 Å². The monoisotopic (exact) mass is 208 g/mol. The summed E-state index contributed by atoms with van der Waals surface area (Å²) in [5, 5.41) is 3.42. The van der Waals surface area contributed by atoms with Crippen LogP contribution in [0.2, 0.25) is 0 Å². The van der Waals surface area contributed by atoms with Crippen molar-refractivity contribution in [2.75, 3.05) is 20.1 Å². The maximum atomic E-state index is 3.42. The number of hydrogen-bond acceptors (Lipinski definition) is 2. The molecule has 0 aromatic carbocycles. The van der Waals surface area contributed by atoms with Gasteiger partial charge in [-0.05, 0) is 64.1 Å². The Labute approximate surface area is 93.4 Å². The van der Waals surface area contributed by atoms with Crippen molar-refractivity contribution in [1.29, 1.82) is 0 Å². The van der Waals surface area contributed by atoms with Crippen molar-refractivity contribution >= 4 is 0 Å². The number of nitrogens with zero attached hydrogens (tertiary/aromatic N) is 1. The topological polar surface area (TPSA) is 15.3 Å². The van der Waals surface area contributed by atoms with Crippen LogP contribution >= 0.6 is 0 Å². The zero-order valence-corrected chi connectivity index (χ0v) is 9.91. The van der Waals surface area contributed by atoms with E-state index in [1.807, 2.05) is 0 Å². The smallest absolute Gasteiger partial charge is 0.0126 e. The van der Waals surface area contributed by atoms with Gasteiger partial charge in [0.25, 0.3) is 0 Å². The molecular formula is C13H24N2. The fraction of sp³-hybridized carbons (Fsp3) is 1.00. The highest BCUT2D eigenvalue weighted by Crippen LogP contribution is 2.46. The van der Waals surface area contributed by atoms with E-state index in [1.54, 1.807) is 6.42 Å². The van der Waals surface area contributed by atoms with Crippen LogP contribution in [0.4, 0.5) is 0 Å². The van der Waals surface area contributed by atoms with Crippen molar-refractivity contribution in [2.24, 2.45) is 11.8 Å². The SMILES string of the molecule is CNC1CCN(C2CC3CCC2C3)CC1. The van der Waals surface area contributed by atoms with E-state index in [-0.39, 0.29) is 0 Å². The van der Waals surface area contributed by atoms with Crippen molar-refractivity contribution < 1.29 is 0 Å². The van der Waals surface area contributed by atoms with Gasteiger partial charge in [-0.25, -0.2) is 0 Å². The third-order valence-corrected chi connectivity index (χ3v) is 5.11. The van der Waals surface area contributed by atoms with Crippen LogP contribution in [0, 0.1) is 11.8 Å². The summed E-state index contributed by atoms with van der Waals surface area (Å²) in [5.41, 5.74) is 0. The second-order valence-corrected chi connectivity index (χ2v) is 5.84. The average molecular weight is 208 g/mol. The molecule has 0 aromatic heterocycles. The maximum absolute atomic E-state index is 3.42. The van der Waals surface area contributed by atoms with Gasteiger partial charge in [0.1, 0.15) is 0 Å². The first-order chi connectivity index (χ1) is 7.36. The van der Waals surface area contributed by atoms with E-state index in [2.05, 4.69) is 17.3 Å². The Morgan fingerprint density at radius 3 is 2.33 bits per heavy atom. The summed E-state index contributed by atoms with van der Waals surface area (Å²) in [6, 6.07) is 1.77. The largest absolute Gasteiger partial charge is 0.317 e. The van der Waals surface area contributed by atoms with Gasteiger partial charge in [-0.15, -0.1) is 0 Å². The van der Waals surface area contributed by atoms with Crippen LogP contribution < -0.4 is 5.32 Å². The Bertz CT molecular complexity index is 221. The molecule has 3 rings (SSSR count). The number of fused-ring (bicyclic) bond motifs is 2. The molecule has 0 radical (unpaired) electrons. The van der Waals surface area contributed by atoms with Crippen LogP contribution in [-0.4, -0.2) is 37.1 Å². The van der Waals surface area contributed by atoms with E-state index in [4.69, 9.17) is 0 Å². The lowest BCUT2D eigenvalue weighted by Gasteiger charge is -2.39. The van der Waals surface area contributed by atoms with Crippen LogP contribution in [0.3, 0.4) is 0 Å². The molecule has 1 aliphatic heterocycles. The second kappa shape index (κ2) is 4.06. The minimum atomic E-state index is 0.792. The Morgan fingerprint density at radius 1 is 1.00 bits per heavy atom. The first-order valence-corrected chi connectivity index (χ1v) is 6.78. The summed E-state index contributed by atoms with van der Waals surface area (Å²) < 4.78 is 0. The zero-order valence-electron chi connectivity index (χ0n) is 9.91. The second-order valence-electron chi connectivity index (χ2n) is 5.84. The molecule has 2 aliphatic carbocycles. The van der Waals surface area contributed by atoms with Crippen LogP contribution in [0.5, 0.6) is 0 Å². The molecule has 3 aliphatic rings. The van der Waals surface area contributed by atoms with Gasteiger partial charge in [0.15, 0.2) is 0 Å². The number of likely N-dealkylation sites (tertiary alicyclic amines) is 1. The van der Waals surface area contributed by atoms with Crippen LogP contribution in [0.25, 0.3) is 0 Å². The molecule has 3 fully saturated rings. The number of rotatable bonds is 2. The lowest BCUT2D eigenvalue weighted by molar-refractivity contribution is 0.106. The summed E-state index contributed by atoms with van der Waals surface area (Å²) in [6.45, 7) is 2.69. The predicted molar refractivity (Wildman–Crippen MR) is 62.9 cm³/mol. The van der Waals surface area contributed by atoms with Gasteiger partial charge in [0.05, 0.1) is 0 Å². The molecule has 2 bridgehead atoms. The molecule has 2 nitrogen and oxygen atoms in total. The van der Waals surface area contributed by atoms with Crippen LogP contribution in [0.15, 0.2) is 0 Å². The van der Waals surface area contributed by atoms with E-state index in [1.165, 1.54) is 45.2 Å². The third-order valence-electron chi connectivity index (χ3n) is 5.11. The van der Waals surface area contributed by atoms with Gasteiger partial charge in [-0.1, -0.05) is 6.42 Å². The molecule has 0 aromatic rings. The Hall–Kier alpha value is -0.0800. The van der Waals surface area contributed by atoms with Crippen molar-refractivity contribution in [3.63, 3.8) is 0 Å². The Balaban J connectivity index is 1.56. The molecule has 3 unspecified atom stereocenters. The fourth-order valence-corrected chi connectivity index (χ4v) is 4.18. The van der Waals surface area contributed by atoms with Crippen molar-refractivity contribution in [1.82, 2.24) is 10.2 Å². The van der Waals surface area contributed by atoms with Crippen molar-refractivity contribution in [2.45, 2.75) is 50.6 Å². The van der Waals surface area contributed by atoms with Gasteiger partial charge < -0.3 is 5.32 Å². The lowest BCUT2D eigenvalue weighted by Crippen LogP contribution is -2.47. The third kappa shape index (κ3) is 1.83. The highest BCUT2D eigenvalue weighted by Gasteiger charge is 2.42. The summed E-state index contributed by atoms with van der Waals surface area (Å²) >= 11 is 0. The van der Waals surface area contributed by atoms with Gasteiger partial charge in [-0.3, -0.25) is 4.90 Å². The van der Waals surface area contributed by atoms with Gasteiger partial charge in [0.2, 0.25) is 0 Å². The molecule has 2 heteroatoms. The minimum Gasteiger partial charge on any atom is -0.317 e. The summed E-state index contributed by atoms with van der Waals surface area (Å²) in [6.07, 6.45) is 8.87. The van der Waals surface area contributed by atoms with E-state index in [0.29, 0.717) is 0 Å². The highest BCUT2D eigenvalue weighted by atomic mass is 15.2. The average Bonchev–Trinajstić information content (AvgIpc) is 2.91. The maximum Gasteiger partial charge on any atom is 0.0126 e. The summed E-state index contributed by atoms with van der Waals surface area (Å²) in [5.74, 6) is 2.17. The molecule has 15 heavy (non-hydrogen) atoms. The molecule has 2 saturated carbocycles. The number of piperidine rings is 1. The number of nitrogens with one attached hydrogen (secondary N) is 1. The molecule has 1 N–H and O–H groups in total. The lowest BCUT2D eigenvalue weighted by atomic mass is 9.92. The molecule has 0 spiro atoms. The van der Waals surface area contributed by atoms with E-state index < -0.39 is 0 Å². The van der Waals surface area contributed by atoms with Crippen LogP contribution in [-0.2, 0) is 0 Å². The van der Waals surface area contributed by atoms with Gasteiger partial charge in [0, 0.05) is 12.1 Å². The molecule has 1 heterocycles. The highest BCUT2D eigenvalue weighted by molar-refractivity contribution is 4.96. The van der Waals surface area contributed by atoms with Crippen molar-refractivity contribution in [3.05, 3.63) is 0 Å². The predicted octanol–water partition coefficient (Wildman–Crippen LogP) is 1.86. The van der Waals surface area contributed by atoms with Crippen LogP contribution in [0.1, 0.15) is 38.5 Å². The fourth-order valence-electron chi connectivity index (χ4n) is 4.18. The molecule has 0 amide bonds. The standard InChI is InChI=1S/C13H24N2/c1-14-12-4-6-15(7-5-12)13-9-10-2-3-11(13)8-10/h10-14H,2-9H2,1H3. The summed E-state index contributed by atoms with van der Waals surface area (Å²) in [7, 11) is 2.11. The Morgan fingerprint density at radius 2 is 1.80 bits per heavy atom. The molecule has 86 valence electrons. The van der Waals surface area contributed by atoms with Gasteiger partial charge in [-0.2, -0.15) is 0 Å². The first kappa shape index (κ1) is 10.1. The van der Waals surface area contributed by atoms with Gasteiger partial charge >= 0.3 is 0 Å². The number of hydrogen-bond donors (Lipinski definition) is 1.